The van der Waals surface area contributed by atoms with Crippen LogP contribution < -0.4 is 10.1 Å². The lowest BCUT2D eigenvalue weighted by atomic mass is 10.0. The summed E-state index contributed by atoms with van der Waals surface area (Å²) in [5, 5.41) is 3.04. The molecule has 1 fully saturated rings. The second-order valence-corrected chi connectivity index (χ2v) is 6.75. The maximum Gasteiger partial charge on any atom is 0.246 e. The van der Waals surface area contributed by atoms with Crippen molar-refractivity contribution >= 4 is 11.6 Å². The molecular formula is C21H26N2O3. The maximum absolute atomic E-state index is 13.2. The average molecular weight is 354 g/mol. The average Bonchev–Trinajstić information content (AvgIpc) is 2.62. The van der Waals surface area contributed by atoms with Crippen LogP contribution in [0.4, 0.5) is 5.69 Å². The van der Waals surface area contributed by atoms with E-state index in [2.05, 4.69) is 10.2 Å². The summed E-state index contributed by atoms with van der Waals surface area (Å²) >= 11 is 0. The van der Waals surface area contributed by atoms with Crippen LogP contribution in [0.15, 0.2) is 54.6 Å². The summed E-state index contributed by atoms with van der Waals surface area (Å²) in [6.07, 6.45) is 0.184. The van der Waals surface area contributed by atoms with E-state index >= 15 is 0 Å². The van der Waals surface area contributed by atoms with Crippen LogP contribution in [0.5, 0.6) is 5.75 Å². The highest BCUT2D eigenvalue weighted by Crippen LogP contribution is 2.27. The topological polar surface area (TPSA) is 50.8 Å². The zero-order valence-corrected chi connectivity index (χ0v) is 15.5. The van der Waals surface area contributed by atoms with E-state index in [-0.39, 0.29) is 24.2 Å². The molecule has 1 amide bonds. The normalized spacial score (nSPS) is 21.8. The van der Waals surface area contributed by atoms with Crippen molar-refractivity contribution in [3.05, 3.63) is 60.2 Å². The summed E-state index contributed by atoms with van der Waals surface area (Å²) in [6, 6.07) is 16.9. The smallest absolute Gasteiger partial charge is 0.246 e. The molecular weight excluding hydrogens is 328 g/mol. The molecule has 5 heteroatoms. The third-order valence-corrected chi connectivity index (χ3v) is 4.51. The number of benzene rings is 2. The van der Waals surface area contributed by atoms with Gasteiger partial charge in [-0.3, -0.25) is 9.69 Å². The van der Waals surface area contributed by atoms with Gasteiger partial charge in [0.1, 0.15) is 11.8 Å². The minimum atomic E-state index is -0.365. The number of methoxy groups -OCH3 is 1. The molecule has 1 N–H and O–H groups in total. The van der Waals surface area contributed by atoms with Gasteiger partial charge in [-0.15, -0.1) is 0 Å². The molecule has 0 saturated carbocycles. The van der Waals surface area contributed by atoms with Crippen LogP contribution in [-0.2, 0) is 9.53 Å². The van der Waals surface area contributed by atoms with Gasteiger partial charge in [0, 0.05) is 24.8 Å². The summed E-state index contributed by atoms with van der Waals surface area (Å²) in [4.78, 5) is 15.4. The lowest BCUT2D eigenvalue weighted by Gasteiger charge is -2.39. The first-order chi connectivity index (χ1) is 12.6. The van der Waals surface area contributed by atoms with Gasteiger partial charge in [0.15, 0.2) is 0 Å². The zero-order chi connectivity index (χ0) is 18.5. The Kier molecular flexibility index (Phi) is 5.91. The minimum absolute atomic E-state index is 0.0502. The molecule has 0 spiro atoms. The van der Waals surface area contributed by atoms with Crippen LogP contribution in [0.2, 0.25) is 0 Å². The van der Waals surface area contributed by atoms with Crippen LogP contribution in [0.3, 0.4) is 0 Å². The number of rotatable bonds is 5. The predicted octanol–water partition coefficient (Wildman–Crippen LogP) is 3.48. The van der Waals surface area contributed by atoms with Crippen LogP contribution in [0.1, 0.15) is 25.5 Å². The van der Waals surface area contributed by atoms with Crippen molar-refractivity contribution in [2.75, 3.05) is 25.5 Å². The molecule has 3 atom stereocenters. The Labute approximate surface area is 154 Å². The van der Waals surface area contributed by atoms with Crippen molar-refractivity contribution in [1.29, 1.82) is 0 Å². The SMILES string of the molecule is COc1cccc(NC(=O)[C@@H](c2ccccc2)N2C[C@@H](C)O[C@@H](C)C2)c1. The molecule has 0 aromatic heterocycles. The molecule has 1 saturated heterocycles. The number of hydrogen-bond acceptors (Lipinski definition) is 4. The van der Waals surface area contributed by atoms with Gasteiger partial charge in [0.25, 0.3) is 0 Å². The van der Waals surface area contributed by atoms with Crippen molar-refractivity contribution < 1.29 is 14.3 Å². The number of anilines is 1. The van der Waals surface area contributed by atoms with Crippen molar-refractivity contribution in [2.24, 2.45) is 0 Å². The monoisotopic (exact) mass is 354 g/mol. The highest BCUT2D eigenvalue weighted by Gasteiger charge is 2.33. The third-order valence-electron chi connectivity index (χ3n) is 4.51. The van der Waals surface area contributed by atoms with E-state index in [1.807, 2.05) is 68.4 Å². The van der Waals surface area contributed by atoms with Gasteiger partial charge in [0.05, 0.1) is 19.3 Å². The van der Waals surface area contributed by atoms with Gasteiger partial charge in [-0.05, 0) is 31.5 Å². The number of amides is 1. The number of hydrogen-bond donors (Lipinski definition) is 1. The van der Waals surface area contributed by atoms with Crippen LogP contribution in [0, 0.1) is 0 Å². The Bertz CT molecular complexity index is 725. The van der Waals surface area contributed by atoms with E-state index in [9.17, 15) is 4.79 Å². The first-order valence-electron chi connectivity index (χ1n) is 8.96. The Morgan fingerprint density at radius 1 is 1.12 bits per heavy atom. The van der Waals surface area contributed by atoms with E-state index < -0.39 is 0 Å². The van der Waals surface area contributed by atoms with E-state index in [1.165, 1.54) is 0 Å². The van der Waals surface area contributed by atoms with Crippen LogP contribution in [-0.4, -0.2) is 43.2 Å². The maximum atomic E-state index is 13.2. The number of nitrogens with zero attached hydrogens (tertiary/aromatic N) is 1. The van der Waals surface area contributed by atoms with Gasteiger partial charge in [-0.1, -0.05) is 36.4 Å². The molecule has 0 unspecified atom stereocenters. The van der Waals surface area contributed by atoms with Gasteiger partial charge < -0.3 is 14.8 Å². The van der Waals surface area contributed by atoms with E-state index in [4.69, 9.17) is 9.47 Å². The summed E-state index contributed by atoms with van der Waals surface area (Å²) in [5.74, 6) is 0.665. The minimum Gasteiger partial charge on any atom is -0.497 e. The van der Waals surface area contributed by atoms with Crippen molar-refractivity contribution in [3.8, 4) is 5.75 Å². The molecule has 3 rings (SSSR count). The quantitative estimate of drug-likeness (QED) is 0.893. The van der Waals surface area contributed by atoms with Crippen molar-refractivity contribution in [1.82, 2.24) is 4.90 Å². The van der Waals surface area contributed by atoms with Crippen molar-refractivity contribution in [3.63, 3.8) is 0 Å². The molecule has 1 heterocycles. The molecule has 0 aliphatic carbocycles. The summed E-state index contributed by atoms with van der Waals surface area (Å²) in [6.45, 7) is 5.53. The predicted molar refractivity (Wildman–Crippen MR) is 102 cm³/mol. The van der Waals surface area contributed by atoms with Crippen LogP contribution in [0.25, 0.3) is 0 Å². The first kappa shape index (κ1) is 18.4. The summed E-state index contributed by atoms with van der Waals surface area (Å²) in [5.41, 5.74) is 1.71. The number of carbonyl (C=O) groups is 1. The second kappa shape index (κ2) is 8.34. The van der Waals surface area contributed by atoms with Gasteiger partial charge >= 0.3 is 0 Å². The zero-order valence-electron chi connectivity index (χ0n) is 15.5. The molecule has 138 valence electrons. The molecule has 1 aliphatic rings. The number of carbonyl (C=O) groups excluding carboxylic acids is 1. The van der Waals surface area contributed by atoms with Crippen LogP contribution >= 0.6 is 0 Å². The standard InChI is InChI=1S/C21H26N2O3/c1-15-13-23(14-16(2)26-15)20(17-8-5-4-6-9-17)21(24)22-18-10-7-11-19(12-18)25-3/h4-12,15-16,20H,13-14H2,1-3H3,(H,22,24)/t15-,16+,20-/m1/s1. The molecule has 2 aromatic carbocycles. The van der Waals surface area contributed by atoms with Gasteiger partial charge in [-0.2, -0.15) is 0 Å². The number of ether oxygens (including phenoxy) is 2. The first-order valence-corrected chi connectivity index (χ1v) is 8.96. The third kappa shape index (κ3) is 4.42. The van der Waals surface area contributed by atoms with E-state index in [1.54, 1.807) is 7.11 Å². The summed E-state index contributed by atoms with van der Waals surface area (Å²) < 4.78 is 11.1. The summed E-state index contributed by atoms with van der Waals surface area (Å²) in [7, 11) is 1.62. The molecule has 5 nitrogen and oxygen atoms in total. The number of nitrogens with one attached hydrogen (secondary N) is 1. The molecule has 1 aliphatic heterocycles. The largest absolute Gasteiger partial charge is 0.497 e. The Balaban J connectivity index is 1.86. The van der Waals surface area contributed by atoms with E-state index in [0.29, 0.717) is 5.75 Å². The molecule has 0 bridgehead atoms. The highest BCUT2D eigenvalue weighted by atomic mass is 16.5. The Morgan fingerprint density at radius 2 is 1.81 bits per heavy atom. The number of morpholine rings is 1. The Morgan fingerprint density at radius 3 is 2.46 bits per heavy atom. The molecule has 26 heavy (non-hydrogen) atoms. The lowest BCUT2D eigenvalue weighted by Crippen LogP contribution is -2.49. The highest BCUT2D eigenvalue weighted by molar-refractivity contribution is 5.95. The second-order valence-electron chi connectivity index (χ2n) is 6.75. The Hall–Kier alpha value is -2.37. The van der Waals surface area contributed by atoms with Crippen molar-refractivity contribution in [2.45, 2.75) is 32.1 Å². The van der Waals surface area contributed by atoms with Gasteiger partial charge in [-0.25, -0.2) is 0 Å². The fraction of sp³-hybridized carbons (Fsp3) is 0.381. The van der Waals surface area contributed by atoms with E-state index in [0.717, 1.165) is 24.3 Å². The fourth-order valence-electron chi connectivity index (χ4n) is 3.50. The lowest BCUT2D eigenvalue weighted by molar-refractivity contribution is -0.128. The van der Waals surface area contributed by atoms with Gasteiger partial charge in [0.2, 0.25) is 5.91 Å². The molecule has 0 radical (unpaired) electrons. The fourth-order valence-corrected chi connectivity index (χ4v) is 3.50. The molecule has 2 aromatic rings.